The molecule has 0 spiro atoms. The van der Waals surface area contributed by atoms with E-state index in [1.807, 2.05) is 6.07 Å². The molecule has 0 radical (unpaired) electrons. The van der Waals surface area contributed by atoms with Gasteiger partial charge in [0.2, 0.25) is 5.91 Å². The molecule has 2 N–H and O–H groups in total. The monoisotopic (exact) mass is 286 g/mol. The van der Waals surface area contributed by atoms with Crippen molar-refractivity contribution in [3.63, 3.8) is 0 Å². The predicted octanol–water partition coefficient (Wildman–Crippen LogP) is 3.50. The number of para-hydroxylation sites is 1. The molecule has 3 nitrogen and oxygen atoms in total. The molecular weight excluding hydrogens is 260 g/mol. The fourth-order valence-corrected chi connectivity index (χ4v) is 3.71. The zero-order valence-corrected chi connectivity index (χ0v) is 12.9. The molecular formula is C18H26N2O. The van der Waals surface area contributed by atoms with Crippen molar-refractivity contribution in [1.29, 1.82) is 0 Å². The second-order valence-corrected chi connectivity index (χ2v) is 6.59. The van der Waals surface area contributed by atoms with Crippen LogP contribution in [0.5, 0.6) is 0 Å². The Kier molecular flexibility index (Phi) is 4.47. The third kappa shape index (κ3) is 3.39. The fourth-order valence-electron chi connectivity index (χ4n) is 3.71. The average Bonchev–Trinajstić information content (AvgIpc) is 2.55. The number of amides is 1. The van der Waals surface area contributed by atoms with Crippen LogP contribution in [-0.4, -0.2) is 18.0 Å². The first-order chi connectivity index (χ1) is 10.2. The molecule has 2 atom stereocenters. The van der Waals surface area contributed by atoms with Gasteiger partial charge in [-0.25, -0.2) is 0 Å². The van der Waals surface area contributed by atoms with E-state index in [1.165, 1.54) is 37.7 Å². The molecule has 3 heteroatoms. The van der Waals surface area contributed by atoms with Crippen LogP contribution in [0.3, 0.4) is 0 Å². The topological polar surface area (TPSA) is 41.1 Å². The summed E-state index contributed by atoms with van der Waals surface area (Å²) in [5.41, 5.74) is 2.44. The minimum absolute atomic E-state index is 0.0778. The van der Waals surface area contributed by atoms with Gasteiger partial charge in [0, 0.05) is 11.7 Å². The van der Waals surface area contributed by atoms with E-state index in [-0.39, 0.29) is 11.9 Å². The zero-order valence-electron chi connectivity index (χ0n) is 12.9. The summed E-state index contributed by atoms with van der Waals surface area (Å²) in [6, 6.07) is 8.52. The van der Waals surface area contributed by atoms with Gasteiger partial charge in [0.15, 0.2) is 0 Å². The van der Waals surface area contributed by atoms with Gasteiger partial charge < -0.3 is 10.6 Å². The fraction of sp³-hybridized carbons (Fsp3) is 0.611. The lowest BCUT2D eigenvalue weighted by Crippen LogP contribution is -2.47. The van der Waals surface area contributed by atoms with Crippen LogP contribution in [0.4, 0.5) is 5.69 Å². The molecule has 1 amide bonds. The molecule has 1 fully saturated rings. The molecule has 1 aromatic rings. The summed E-state index contributed by atoms with van der Waals surface area (Å²) in [5, 5.41) is 6.64. The Balaban J connectivity index is 1.56. The van der Waals surface area contributed by atoms with E-state index < -0.39 is 0 Å². The SMILES string of the molecule is CC(NC(=O)C1CCc2ccccc2N1)C1CCCCC1. The molecule has 1 saturated carbocycles. The van der Waals surface area contributed by atoms with E-state index in [0.717, 1.165) is 18.5 Å². The number of benzene rings is 1. The lowest BCUT2D eigenvalue weighted by Gasteiger charge is -2.31. The highest BCUT2D eigenvalue weighted by atomic mass is 16.2. The van der Waals surface area contributed by atoms with E-state index in [4.69, 9.17) is 0 Å². The molecule has 0 aromatic heterocycles. The molecule has 3 rings (SSSR count). The van der Waals surface area contributed by atoms with Gasteiger partial charge in [-0.05, 0) is 50.2 Å². The molecule has 2 unspecified atom stereocenters. The smallest absolute Gasteiger partial charge is 0.242 e. The molecule has 0 bridgehead atoms. The van der Waals surface area contributed by atoms with Gasteiger partial charge in [-0.3, -0.25) is 4.79 Å². The second-order valence-electron chi connectivity index (χ2n) is 6.59. The zero-order chi connectivity index (χ0) is 14.7. The van der Waals surface area contributed by atoms with Gasteiger partial charge in [-0.1, -0.05) is 37.5 Å². The average molecular weight is 286 g/mol. The van der Waals surface area contributed by atoms with E-state index >= 15 is 0 Å². The number of carbonyl (C=O) groups is 1. The van der Waals surface area contributed by atoms with Gasteiger partial charge in [0.05, 0.1) is 0 Å². The summed E-state index contributed by atoms with van der Waals surface area (Å²) in [7, 11) is 0. The summed E-state index contributed by atoms with van der Waals surface area (Å²) in [4.78, 5) is 12.5. The first-order valence-electron chi connectivity index (χ1n) is 8.39. The number of rotatable bonds is 3. The van der Waals surface area contributed by atoms with Gasteiger partial charge >= 0.3 is 0 Å². The number of aryl methyl sites for hydroxylation is 1. The van der Waals surface area contributed by atoms with Crippen LogP contribution in [0.25, 0.3) is 0 Å². The van der Waals surface area contributed by atoms with Gasteiger partial charge in [0.25, 0.3) is 0 Å². The van der Waals surface area contributed by atoms with Crippen molar-refractivity contribution < 1.29 is 4.79 Å². The Labute approximate surface area is 127 Å². The summed E-state index contributed by atoms with van der Waals surface area (Å²) in [5.74, 6) is 0.834. The Bertz CT molecular complexity index is 494. The molecule has 1 aliphatic carbocycles. The normalized spacial score (nSPS) is 23.8. The Morgan fingerprint density at radius 3 is 2.76 bits per heavy atom. The van der Waals surface area contributed by atoms with Crippen molar-refractivity contribution in [2.24, 2.45) is 5.92 Å². The highest BCUT2D eigenvalue weighted by Crippen LogP contribution is 2.27. The van der Waals surface area contributed by atoms with Gasteiger partial charge in [-0.15, -0.1) is 0 Å². The predicted molar refractivity (Wildman–Crippen MR) is 86.4 cm³/mol. The number of anilines is 1. The van der Waals surface area contributed by atoms with Crippen LogP contribution in [-0.2, 0) is 11.2 Å². The molecule has 21 heavy (non-hydrogen) atoms. The lowest BCUT2D eigenvalue weighted by molar-refractivity contribution is -0.123. The maximum atomic E-state index is 12.5. The van der Waals surface area contributed by atoms with Crippen molar-refractivity contribution in [3.8, 4) is 0 Å². The van der Waals surface area contributed by atoms with Crippen LogP contribution >= 0.6 is 0 Å². The molecule has 1 aliphatic heterocycles. The van der Waals surface area contributed by atoms with Crippen LogP contribution in [0, 0.1) is 5.92 Å². The van der Waals surface area contributed by atoms with Crippen LogP contribution in [0.2, 0.25) is 0 Å². The maximum absolute atomic E-state index is 12.5. The van der Waals surface area contributed by atoms with Crippen LogP contribution < -0.4 is 10.6 Å². The van der Waals surface area contributed by atoms with E-state index in [1.54, 1.807) is 0 Å². The van der Waals surface area contributed by atoms with Crippen molar-refractivity contribution >= 4 is 11.6 Å². The summed E-state index contributed by atoms with van der Waals surface area (Å²) < 4.78 is 0. The highest BCUT2D eigenvalue weighted by molar-refractivity contribution is 5.85. The van der Waals surface area contributed by atoms with E-state index in [9.17, 15) is 4.79 Å². The van der Waals surface area contributed by atoms with Crippen LogP contribution in [0.1, 0.15) is 51.0 Å². The lowest BCUT2D eigenvalue weighted by atomic mass is 9.84. The quantitative estimate of drug-likeness (QED) is 0.893. The molecule has 114 valence electrons. The Morgan fingerprint density at radius 2 is 1.95 bits per heavy atom. The minimum atomic E-state index is -0.0778. The molecule has 2 aliphatic rings. The van der Waals surface area contributed by atoms with Crippen LogP contribution in [0.15, 0.2) is 24.3 Å². The number of fused-ring (bicyclic) bond motifs is 1. The number of nitrogens with one attached hydrogen (secondary N) is 2. The van der Waals surface area contributed by atoms with Crippen molar-refractivity contribution in [2.45, 2.75) is 64.0 Å². The highest BCUT2D eigenvalue weighted by Gasteiger charge is 2.27. The molecule has 1 heterocycles. The summed E-state index contributed by atoms with van der Waals surface area (Å²) in [6.07, 6.45) is 8.40. The Morgan fingerprint density at radius 1 is 1.19 bits per heavy atom. The summed E-state index contributed by atoms with van der Waals surface area (Å²) in [6.45, 7) is 2.17. The first-order valence-corrected chi connectivity index (χ1v) is 8.39. The van der Waals surface area contributed by atoms with Crippen molar-refractivity contribution in [1.82, 2.24) is 5.32 Å². The first kappa shape index (κ1) is 14.4. The largest absolute Gasteiger partial charge is 0.373 e. The number of hydrogen-bond acceptors (Lipinski definition) is 2. The summed E-state index contributed by atoms with van der Waals surface area (Å²) >= 11 is 0. The standard InChI is InChI=1S/C18H26N2O/c1-13(14-7-3-2-4-8-14)19-18(21)17-12-11-15-9-5-6-10-16(15)20-17/h5-6,9-10,13-14,17,20H,2-4,7-8,11-12H2,1H3,(H,19,21). The van der Waals surface area contributed by atoms with Crippen molar-refractivity contribution in [3.05, 3.63) is 29.8 Å². The van der Waals surface area contributed by atoms with Gasteiger partial charge in [0.1, 0.15) is 6.04 Å². The third-order valence-corrected chi connectivity index (χ3v) is 5.09. The van der Waals surface area contributed by atoms with Crippen molar-refractivity contribution in [2.75, 3.05) is 5.32 Å². The minimum Gasteiger partial charge on any atom is -0.373 e. The second kappa shape index (κ2) is 6.50. The molecule has 0 saturated heterocycles. The number of carbonyl (C=O) groups excluding carboxylic acids is 1. The molecule has 1 aromatic carbocycles. The van der Waals surface area contributed by atoms with E-state index in [0.29, 0.717) is 12.0 Å². The van der Waals surface area contributed by atoms with Gasteiger partial charge in [-0.2, -0.15) is 0 Å². The van der Waals surface area contributed by atoms with E-state index in [2.05, 4.69) is 35.8 Å². The number of hydrogen-bond donors (Lipinski definition) is 2. The Hall–Kier alpha value is -1.51. The third-order valence-electron chi connectivity index (χ3n) is 5.09. The maximum Gasteiger partial charge on any atom is 0.242 e.